The Hall–Kier alpha value is -2.29. The van der Waals surface area contributed by atoms with E-state index in [1.165, 1.54) is 6.08 Å². The molecule has 10 heteroatoms. The van der Waals surface area contributed by atoms with E-state index in [2.05, 4.69) is 10.2 Å². The van der Waals surface area contributed by atoms with Crippen molar-refractivity contribution in [2.24, 2.45) is 0 Å². The standard InChI is InChI=1S/C25H33Cl2N5O3/c26-21-4-2-19(18-22(21)27)3-5-23(33)31-14-8-24(34)30(16-17-31)11-1-10-29-12-6-20(7-13-29)32-15-9-28-25(32)35/h2-5,18,20H,1,6-17H2,(H,28,35). The van der Waals surface area contributed by atoms with Gasteiger partial charge in [0.25, 0.3) is 0 Å². The zero-order valence-corrected chi connectivity index (χ0v) is 21.4. The van der Waals surface area contributed by atoms with Crippen LogP contribution in [0.5, 0.6) is 0 Å². The Morgan fingerprint density at radius 1 is 1.00 bits per heavy atom. The minimum absolute atomic E-state index is 0.0699. The molecular weight excluding hydrogens is 489 g/mol. The molecule has 0 saturated carbocycles. The van der Waals surface area contributed by atoms with E-state index in [9.17, 15) is 14.4 Å². The Labute approximate surface area is 216 Å². The Morgan fingerprint density at radius 2 is 1.80 bits per heavy atom. The predicted octanol–water partition coefficient (Wildman–Crippen LogP) is 2.95. The summed E-state index contributed by atoms with van der Waals surface area (Å²) in [6.07, 6.45) is 6.50. The number of nitrogens with zero attached hydrogens (tertiary/aromatic N) is 4. The van der Waals surface area contributed by atoms with Crippen LogP contribution in [0.2, 0.25) is 10.0 Å². The third kappa shape index (κ3) is 6.90. The SMILES string of the molecule is O=C(C=Cc1ccc(Cl)c(Cl)c1)N1CCC(=O)N(CCCN2CCC(N3CCNC3=O)CC2)CC1. The van der Waals surface area contributed by atoms with Crippen molar-refractivity contribution < 1.29 is 14.4 Å². The van der Waals surface area contributed by atoms with Crippen LogP contribution in [0.15, 0.2) is 24.3 Å². The molecule has 0 atom stereocenters. The van der Waals surface area contributed by atoms with Crippen LogP contribution in [0.1, 0.15) is 31.2 Å². The highest BCUT2D eigenvalue weighted by atomic mass is 35.5. The van der Waals surface area contributed by atoms with Crippen LogP contribution in [-0.2, 0) is 9.59 Å². The van der Waals surface area contributed by atoms with Crippen molar-refractivity contribution >= 4 is 47.1 Å². The van der Waals surface area contributed by atoms with Gasteiger partial charge in [0.05, 0.1) is 10.0 Å². The number of nitrogens with one attached hydrogen (secondary N) is 1. The summed E-state index contributed by atoms with van der Waals surface area (Å²) in [4.78, 5) is 45.2. The summed E-state index contributed by atoms with van der Waals surface area (Å²) < 4.78 is 0. The molecule has 1 N–H and O–H groups in total. The molecular formula is C25H33Cl2N5O3. The first-order valence-corrected chi connectivity index (χ1v) is 13.1. The van der Waals surface area contributed by atoms with Crippen molar-refractivity contribution in [3.05, 3.63) is 39.9 Å². The first-order chi connectivity index (χ1) is 16.9. The lowest BCUT2D eigenvalue weighted by Gasteiger charge is -2.36. The fourth-order valence-corrected chi connectivity index (χ4v) is 5.29. The van der Waals surface area contributed by atoms with Gasteiger partial charge in [0.1, 0.15) is 0 Å². The molecule has 3 aliphatic rings. The van der Waals surface area contributed by atoms with E-state index in [1.54, 1.807) is 29.2 Å². The normalized spacial score (nSPS) is 20.6. The van der Waals surface area contributed by atoms with Gasteiger partial charge in [-0.15, -0.1) is 0 Å². The molecule has 190 valence electrons. The molecule has 0 unspecified atom stereocenters. The molecule has 0 aliphatic carbocycles. The molecule has 0 aromatic heterocycles. The van der Waals surface area contributed by atoms with Crippen molar-refractivity contribution in [1.29, 1.82) is 0 Å². The van der Waals surface area contributed by atoms with Crippen LogP contribution in [0.4, 0.5) is 4.79 Å². The van der Waals surface area contributed by atoms with Crippen LogP contribution in [-0.4, -0.2) is 102 Å². The molecule has 0 bridgehead atoms. The summed E-state index contributed by atoms with van der Waals surface area (Å²) in [5.74, 6) is -0.00667. The highest BCUT2D eigenvalue weighted by molar-refractivity contribution is 6.42. The van der Waals surface area contributed by atoms with Gasteiger partial charge >= 0.3 is 6.03 Å². The number of benzene rings is 1. The summed E-state index contributed by atoms with van der Waals surface area (Å²) in [7, 11) is 0. The van der Waals surface area contributed by atoms with E-state index < -0.39 is 0 Å². The van der Waals surface area contributed by atoms with E-state index in [1.807, 2.05) is 9.80 Å². The maximum atomic E-state index is 12.7. The number of carbonyl (C=O) groups is 3. The van der Waals surface area contributed by atoms with Gasteiger partial charge in [0, 0.05) is 70.9 Å². The van der Waals surface area contributed by atoms with Crippen LogP contribution < -0.4 is 5.32 Å². The molecule has 3 fully saturated rings. The topological polar surface area (TPSA) is 76.2 Å². The maximum absolute atomic E-state index is 12.7. The third-order valence-corrected chi connectivity index (χ3v) is 7.79. The van der Waals surface area contributed by atoms with Crippen LogP contribution in [0.25, 0.3) is 6.08 Å². The van der Waals surface area contributed by atoms with Gasteiger partial charge in [-0.25, -0.2) is 4.79 Å². The lowest BCUT2D eigenvalue weighted by Crippen LogP contribution is -2.46. The Kier molecular flexibility index (Phi) is 8.92. The van der Waals surface area contributed by atoms with Gasteiger partial charge in [-0.05, 0) is 49.6 Å². The molecule has 3 heterocycles. The zero-order valence-electron chi connectivity index (χ0n) is 19.9. The van der Waals surface area contributed by atoms with E-state index >= 15 is 0 Å². The quantitative estimate of drug-likeness (QED) is 0.559. The van der Waals surface area contributed by atoms with Crippen molar-refractivity contribution in [2.45, 2.75) is 31.7 Å². The number of hydrogen-bond donors (Lipinski definition) is 1. The number of amides is 4. The van der Waals surface area contributed by atoms with Crippen LogP contribution in [0, 0.1) is 0 Å². The fraction of sp³-hybridized carbons (Fsp3) is 0.560. The van der Waals surface area contributed by atoms with E-state index in [0.717, 1.165) is 57.5 Å². The second kappa shape index (κ2) is 12.1. The van der Waals surface area contributed by atoms with Gasteiger partial charge in [0.15, 0.2) is 0 Å². The predicted molar refractivity (Wildman–Crippen MR) is 137 cm³/mol. The second-order valence-corrected chi connectivity index (χ2v) is 10.1. The lowest BCUT2D eigenvalue weighted by molar-refractivity contribution is -0.130. The first kappa shape index (κ1) is 25.8. The van der Waals surface area contributed by atoms with Crippen molar-refractivity contribution in [2.75, 3.05) is 58.9 Å². The maximum Gasteiger partial charge on any atom is 0.317 e. The molecule has 4 amide bonds. The highest BCUT2D eigenvalue weighted by Gasteiger charge is 2.30. The minimum Gasteiger partial charge on any atom is -0.341 e. The second-order valence-electron chi connectivity index (χ2n) is 9.31. The minimum atomic E-state index is -0.111. The summed E-state index contributed by atoms with van der Waals surface area (Å²) in [6, 6.07) is 5.63. The molecule has 3 aliphatic heterocycles. The molecule has 4 rings (SSSR count). The lowest BCUT2D eigenvalue weighted by atomic mass is 10.0. The van der Waals surface area contributed by atoms with Crippen LogP contribution in [0.3, 0.4) is 0 Å². The van der Waals surface area contributed by atoms with E-state index in [4.69, 9.17) is 23.2 Å². The smallest absolute Gasteiger partial charge is 0.317 e. The van der Waals surface area contributed by atoms with Crippen LogP contribution >= 0.6 is 23.2 Å². The molecule has 8 nitrogen and oxygen atoms in total. The number of carbonyl (C=O) groups excluding carboxylic acids is 3. The Bertz CT molecular complexity index is 964. The molecule has 3 saturated heterocycles. The van der Waals surface area contributed by atoms with Gasteiger partial charge in [-0.2, -0.15) is 0 Å². The molecule has 1 aromatic carbocycles. The number of urea groups is 1. The van der Waals surface area contributed by atoms with E-state index in [0.29, 0.717) is 48.7 Å². The number of halogens is 2. The van der Waals surface area contributed by atoms with Gasteiger partial charge in [-0.1, -0.05) is 29.3 Å². The average Bonchev–Trinajstić information content (AvgIpc) is 3.20. The molecule has 1 aromatic rings. The number of likely N-dealkylation sites (tertiary alicyclic amines) is 1. The molecule has 0 radical (unpaired) electrons. The van der Waals surface area contributed by atoms with Crippen molar-refractivity contribution in [1.82, 2.24) is 24.9 Å². The van der Waals surface area contributed by atoms with Gasteiger partial charge < -0.3 is 24.9 Å². The van der Waals surface area contributed by atoms with E-state index in [-0.39, 0.29) is 17.8 Å². The Balaban J connectivity index is 1.18. The summed E-state index contributed by atoms with van der Waals surface area (Å²) in [5, 5.41) is 3.80. The zero-order chi connectivity index (χ0) is 24.8. The number of rotatable bonds is 7. The first-order valence-electron chi connectivity index (χ1n) is 12.4. The van der Waals surface area contributed by atoms with Gasteiger partial charge in [-0.3, -0.25) is 9.59 Å². The van der Waals surface area contributed by atoms with Crippen molar-refractivity contribution in [3.63, 3.8) is 0 Å². The summed E-state index contributed by atoms with van der Waals surface area (Å²) >= 11 is 12.0. The van der Waals surface area contributed by atoms with Crippen molar-refractivity contribution in [3.8, 4) is 0 Å². The fourth-order valence-electron chi connectivity index (χ4n) is 4.99. The molecule has 0 spiro atoms. The third-order valence-electron chi connectivity index (χ3n) is 7.05. The number of hydrogen-bond acceptors (Lipinski definition) is 4. The highest BCUT2D eigenvalue weighted by Crippen LogP contribution is 2.23. The summed E-state index contributed by atoms with van der Waals surface area (Å²) in [6.45, 7) is 6.68. The largest absolute Gasteiger partial charge is 0.341 e. The average molecular weight is 522 g/mol. The Morgan fingerprint density at radius 3 is 2.51 bits per heavy atom. The van der Waals surface area contributed by atoms with Gasteiger partial charge in [0.2, 0.25) is 11.8 Å². The summed E-state index contributed by atoms with van der Waals surface area (Å²) in [5.41, 5.74) is 0.799. The number of piperidine rings is 1. The molecule has 35 heavy (non-hydrogen) atoms. The monoisotopic (exact) mass is 521 g/mol.